The molecule has 0 aromatic carbocycles. The molecule has 2 aromatic rings. The molecule has 0 saturated carbocycles. The number of carbonyl (C=O) groups excluding carboxylic acids is 1. The first-order valence-corrected chi connectivity index (χ1v) is 10.1. The Morgan fingerprint density at radius 1 is 1.23 bits per heavy atom. The van der Waals surface area contributed by atoms with E-state index in [0.29, 0.717) is 11.7 Å². The Kier molecular flexibility index (Phi) is 5.83. The summed E-state index contributed by atoms with van der Waals surface area (Å²) in [5, 5.41) is 2.81. The molecule has 2 amide bonds. The highest BCUT2D eigenvalue weighted by Gasteiger charge is 2.29. The van der Waals surface area contributed by atoms with Crippen molar-refractivity contribution in [3.63, 3.8) is 0 Å². The standard InChI is InChI=1S/C22H25N7O/c1-16(2)20-12-17(5-7-24-20)19-4-3-10-28-11-6-18(14-28)29(15-26-19)22(30)27-21-13-23-8-9-25-21/h3-5,7-10,12-13,15-16,18H,6,11,14H2,1-2H3,(H,25,27,30)/t18-/m0/s1. The van der Waals surface area contributed by atoms with Gasteiger partial charge in [-0.25, -0.2) is 14.8 Å². The molecule has 1 N–H and O–H groups in total. The zero-order valence-electron chi connectivity index (χ0n) is 17.1. The predicted octanol–water partition coefficient (Wildman–Crippen LogP) is 3.50. The van der Waals surface area contributed by atoms with Gasteiger partial charge in [-0.1, -0.05) is 13.8 Å². The highest BCUT2D eigenvalue weighted by molar-refractivity contribution is 5.97. The van der Waals surface area contributed by atoms with Crippen molar-refractivity contribution >= 4 is 23.9 Å². The van der Waals surface area contributed by atoms with Gasteiger partial charge in [0.2, 0.25) is 0 Å². The lowest BCUT2D eigenvalue weighted by molar-refractivity contribution is 0.223. The third-order valence-corrected chi connectivity index (χ3v) is 5.16. The SMILES string of the molecule is CC(C)c1cc(C2=CC=CN3CC[C@@H](C3)N(C(=O)Nc3cnccn3)C=N2)ccn1. The van der Waals surface area contributed by atoms with Gasteiger partial charge < -0.3 is 4.90 Å². The fourth-order valence-corrected chi connectivity index (χ4v) is 3.50. The molecular weight excluding hydrogens is 378 g/mol. The van der Waals surface area contributed by atoms with Crippen molar-refractivity contribution in [2.45, 2.75) is 32.2 Å². The summed E-state index contributed by atoms with van der Waals surface area (Å²) >= 11 is 0. The van der Waals surface area contributed by atoms with Crippen LogP contribution in [0.15, 0.2) is 60.3 Å². The number of urea groups is 1. The van der Waals surface area contributed by atoms with Crippen molar-refractivity contribution in [1.82, 2.24) is 24.8 Å². The minimum Gasteiger partial charge on any atom is -0.375 e. The Morgan fingerprint density at radius 3 is 2.93 bits per heavy atom. The number of aliphatic imine (C=N–C) groups is 1. The third-order valence-electron chi connectivity index (χ3n) is 5.16. The Bertz CT molecular complexity index is 984. The molecule has 8 nitrogen and oxygen atoms in total. The zero-order chi connectivity index (χ0) is 20.9. The van der Waals surface area contributed by atoms with Crippen LogP contribution >= 0.6 is 0 Å². The first-order chi connectivity index (χ1) is 14.6. The van der Waals surface area contributed by atoms with Gasteiger partial charge in [-0.2, -0.15) is 0 Å². The van der Waals surface area contributed by atoms with E-state index in [4.69, 9.17) is 0 Å². The summed E-state index contributed by atoms with van der Waals surface area (Å²) < 4.78 is 0. The molecule has 0 aliphatic carbocycles. The number of nitrogens with zero attached hydrogens (tertiary/aromatic N) is 6. The second kappa shape index (κ2) is 8.86. The summed E-state index contributed by atoms with van der Waals surface area (Å²) in [5.41, 5.74) is 2.74. The number of allylic oxidation sites excluding steroid dienone is 2. The van der Waals surface area contributed by atoms with Gasteiger partial charge in [0.15, 0.2) is 5.82 Å². The normalized spacial score (nSPS) is 18.5. The van der Waals surface area contributed by atoms with E-state index in [0.717, 1.165) is 36.5 Å². The van der Waals surface area contributed by atoms with E-state index in [1.165, 1.54) is 6.20 Å². The molecule has 1 saturated heterocycles. The average molecular weight is 403 g/mol. The minimum absolute atomic E-state index is 0.0260. The van der Waals surface area contributed by atoms with Gasteiger partial charge in [0, 0.05) is 42.9 Å². The van der Waals surface area contributed by atoms with Gasteiger partial charge in [0.25, 0.3) is 0 Å². The Morgan fingerprint density at radius 2 is 2.13 bits per heavy atom. The summed E-state index contributed by atoms with van der Waals surface area (Å²) in [6.07, 6.45) is 15.0. The van der Waals surface area contributed by atoms with Gasteiger partial charge in [0.1, 0.15) is 0 Å². The molecule has 0 spiro atoms. The van der Waals surface area contributed by atoms with Crippen molar-refractivity contribution < 1.29 is 4.79 Å². The van der Waals surface area contributed by atoms with Crippen molar-refractivity contribution in [3.8, 4) is 0 Å². The first kappa shape index (κ1) is 19.8. The van der Waals surface area contributed by atoms with E-state index in [2.05, 4.69) is 50.2 Å². The lowest BCUT2D eigenvalue weighted by atomic mass is 10.1. The first-order valence-electron chi connectivity index (χ1n) is 10.1. The molecule has 4 heterocycles. The molecule has 4 rings (SSSR count). The average Bonchev–Trinajstić information content (AvgIpc) is 3.21. The van der Waals surface area contributed by atoms with Gasteiger partial charge in [-0.05, 0) is 42.8 Å². The fourth-order valence-electron chi connectivity index (χ4n) is 3.50. The van der Waals surface area contributed by atoms with Gasteiger partial charge >= 0.3 is 6.03 Å². The second-order valence-electron chi connectivity index (χ2n) is 7.63. The van der Waals surface area contributed by atoms with Crippen LogP contribution in [0.25, 0.3) is 5.70 Å². The van der Waals surface area contributed by atoms with E-state index in [1.807, 2.05) is 24.3 Å². The number of aromatic nitrogens is 3. The monoisotopic (exact) mass is 403 g/mol. The molecule has 30 heavy (non-hydrogen) atoms. The van der Waals surface area contributed by atoms with E-state index in [1.54, 1.807) is 29.8 Å². The molecule has 1 atom stereocenters. The highest BCUT2D eigenvalue weighted by atomic mass is 16.2. The number of rotatable bonds is 3. The number of carbonyl (C=O) groups is 1. The fraction of sp³-hybridized carbons (Fsp3) is 0.318. The van der Waals surface area contributed by atoms with Gasteiger partial charge in [0.05, 0.1) is 24.3 Å². The number of anilines is 1. The number of fused-ring (bicyclic) bond motifs is 2. The predicted molar refractivity (Wildman–Crippen MR) is 117 cm³/mol. The van der Waals surface area contributed by atoms with Crippen LogP contribution < -0.4 is 5.32 Å². The molecule has 0 radical (unpaired) electrons. The Labute approximate surface area is 176 Å². The van der Waals surface area contributed by atoms with E-state index >= 15 is 0 Å². The molecular formula is C22H25N7O. The van der Waals surface area contributed by atoms with Crippen molar-refractivity contribution in [1.29, 1.82) is 0 Å². The summed E-state index contributed by atoms with van der Waals surface area (Å²) in [5.74, 6) is 0.732. The minimum atomic E-state index is -0.271. The van der Waals surface area contributed by atoms with Gasteiger partial charge in [-0.3, -0.25) is 20.2 Å². The summed E-state index contributed by atoms with van der Waals surface area (Å²) in [7, 11) is 0. The van der Waals surface area contributed by atoms with Crippen LogP contribution in [0.4, 0.5) is 10.6 Å². The van der Waals surface area contributed by atoms with Crippen molar-refractivity contribution in [3.05, 3.63) is 66.5 Å². The molecule has 1 fully saturated rings. The molecule has 8 heteroatoms. The number of nitrogens with one attached hydrogen (secondary N) is 1. The van der Waals surface area contributed by atoms with Crippen LogP contribution in [0.2, 0.25) is 0 Å². The van der Waals surface area contributed by atoms with E-state index in [-0.39, 0.29) is 12.1 Å². The van der Waals surface area contributed by atoms with E-state index in [9.17, 15) is 4.79 Å². The third kappa shape index (κ3) is 4.53. The lowest BCUT2D eigenvalue weighted by Gasteiger charge is -2.25. The number of pyridine rings is 1. The molecule has 2 aliphatic heterocycles. The van der Waals surface area contributed by atoms with Crippen LogP contribution in [0.1, 0.15) is 37.4 Å². The molecule has 2 aliphatic rings. The summed E-state index contributed by atoms with van der Waals surface area (Å²) in [4.78, 5) is 34.1. The number of hydrogen-bond acceptors (Lipinski definition) is 6. The van der Waals surface area contributed by atoms with Crippen molar-refractivity contribution in [2.75, 3.05) is 18.4 Å². The Balaban J connectivity index is 1.64. The topological polar surface area (TPSA) is 86.6 Å². The maximum absolute atomic E-state index is 13.0. The summed E-state index contributed by atoms with van der Waals surface area (Å²) in [6.45, 7) is 5.87. The smallest absolute Gasteiger partial charge is 0.328 e. The Hall–Kier alpha value is -3.55. The van der Waals surface area contributed by atoms with Crippen molar-refractivity contribution in [2.24, 2.45) is 4.99 Å². The maximum Gasteiger partial charge on any atom is 0.328 e. The largest absolute Gasteiger partial charge is 0.375 e. The van der Waals surface area contributed by atoms with Crippen LogP contribution in [0.5, 0.6) is 0 Å². The quantitative estimate of drug-likeness (QED) is 0.848. The lowest BCUT2D eigenvalue weighted by Crippen LogP contribution is -2.43. The highest BCUT2D eigenvalue weighted by Crippen LogP contribution is 2.23. The number of hydrogen-bond donors (Lipinski definition) is 1. The van der Waals surface area contributed by atoms with Crippen LogP contribution in [0, 0.1) is 0 Å². The molecule has 2 aromatic heterocycles. The van der Waals surface area contributed by atoms with E-state index < -0.39 is 0 Å². The van der Waals surface area contributed by atoms with Crippen LogP contribution in [0.3, 0.4) is 0 Å². The molecule has 2 bridgehead atoms. The molecule has 0 unspecified atom stereocenters. The maximum atomic E-state index is 13.0. The summed E-state index contributed by atoms with van der Waals surface area (Å²) in [6, 6.07) is 3.74. The zero-order valence-corrected chi connectivity index (χ0v) is 17.1. The second-order valence-corrected chi connectivity index (χ2v) is 7.63. The van der Waals surface area contributed by atoms with Crippen LogP contribution in [-0.2, 0) is 0 Å². The molecule has 154 valence electrons. The van der Waals surface area contributed by atoms with Crippen LogP contribution in [-0.4, -0.2) is 56.3 Å². The number of amides is 2. The van der Waals surface area contributed by atoms with Gasteiger partial charge in [-0.15, -0.1) is 0 Å².